The van der Waals surface area contributed by atoms with E-state index in [1.807, 2.05) is 0 Å². The molecule has 1 aliphatic rings. The van der Waals surface area contributed by atoms with Gasteiger partial charge in [0.2, 0.25) is 0 Å². The van der Waals surface area contributed by atoms with Crippen molar-refractivity contribution in [3.8, 4) is 0 Å². The van der Waals surface area contributed by atoms with Crippen LogP contribution in [0.4, 0.5) is 20.0 Å². The Morgan fingerprint density at radius 3 is 2.60 bits per heavy atom. The smallest absolute Gasteiger partial charge is 0.330 e. The largest absolute Gasteiger partial charge is 0.480 e. The number of aliphatic carboxylic acids is 1. The highest BCUT2D eigenvalue weighted by Gasteiger charge is 2.34. The molecule has 0 bridgehead atoms. The van der Waals surface area contributed by atoms with Gasteiger partial charge in [-0.2, -0.15) is 0 Å². The van der Waals surface area contributed by atoms with E-state index in [9.17, 15) is 19.1 Å². The molecular weight excluding hydrogens is 449 g/mol. The van der Waals surface area contributed by atoms with Crippen LogP contribution in [-0.4, -0.2) is 39.9 Å². The molecule has 1 aromatic carbocycles. The lowest BCUT2D eigenvalue weighted by Gasteiger charge is -2.32. The average Bonchev–Trinajstić information content (AvgIpc) is 3.35. The van der Waals surface area contributed by atoms with Crippen molar-refractivity contribution in [2.75, 3.05) is 16.8 Å². The van der Waals surface area contributed by atoms with Gasteiger partial charge in [0, 0.05) is 13.1 Å². The maximum Gasteiger partial charge on any atom is 0.330 e. The molecule has 0 saturated heterocycles. The van der Waals surface area contributed by atoms with Gasteiger partial charge in [-0.15, -0.1) is 0 Å². The molecule has 1 fully saturated rings. The lowest BCUT2D eigenvalue weighted by Crippen LogP contribution is -2.46. The number of carboxylic acid groups (broad SMARTS) is 1. The molecule has 3 rings (SSSR count). The van der Waals surface area contributed by atoms with Crippen LogP contribution in [0.2, 0.25) is 5.02 Å². The molecule has 2 aromatic rings. The van der Waals surface area contributed by atoms with E-state index < -0.39 is 16.5 Å². The van der Waals surface area contributed by atoms with Gasteiger partial charge in [-0.3, -0.25) is 14.6 Å². The number of halogens is 2. The summed E-state index contributed by atoms with van der Waals surface area (Å²) < 4.78 is 13.2. The second-order valence-electron chi connectivity index (χ2n) is 7.63. The van der Waals surface area contributed by atoms with Crippen molar-refractivity contribution in [1.82, 2.24) is 4.98 Å². The van der Waals surface area contributed by atoms with Crippen LogP contribution in [-0.2, 0) is 4.79 Å². The number of aromatic nitrogens is 1. The van der Waals surface area contributed by atoms with E-state index in [1.54, 1.807) is 32.0 Å². The van der Waals surface area contributed by atoms with Crippen molar-refractivity contribution >= 4 is 57.5 Å². The van der Waals surface area contributed by atoms with Crippen LogP contribution in [0, 0.1) is 5.82 Å². The molecule has 0 atom stereocenters. The van der Waals surface area contributed by atoms with Crippen LogP contribution in [0.3, 0.4) is 0 Å². The van der Waals surface area contributed by atoms with Crippen LogP contribution in [0.1, 0.15) is 39.5 Å². The summed E-state index contributed by atoms with van der Waals surface area (Å²) in [7, 11) is 1.62. The number of carboxylic acids is 1. The third-order valence-corrected chi connectivity index (χ3v) is 7.64. The summed E-state index contributed by atoms with van der Waals surface area (Å²) >= 11 is 8.71. The number of urea groups is 1. The second-order valence-corrected chi connectivity index (χ2v) is 11.0. The van der Waals surface area contributed by atoms with Crippen molar-refractivity contribution < 1.29 is 19.1 Å². The molecule has 2 amide bonds. The number of thiazole rings is 1. The summed E-state index contributed by atoms with van der Waals surface area (Å²) in [4.78, 5) is 32.2. The van der Waals surface area contributed by atoms with Gasteiger partial charge < -0.3 is 5.11 Å². The monoisotopic (exact) mass is 471 g/mol. The molecule has 10 heteroatoms. The average molecular weight is 472 g/mol. The summed E-state index contributed by atoms with van der Waals surface area (Å²) in [6.07, 6.45) is 5.29. The Kier molecular flexibility index (Phi) is 6.94. The molecule has 30 heavy (non-hydrogen) atoms. The zero-order valence-corrected chi connectivity index (χ0v) is 19.3. The topological polar surface area (TPSA) is 73.7 Å². The van der Waals surface area contributed by atoms with Gasteiger partial charge in [-0.05, 0) is 44.9 Å². The number of hydrogen-bond donors (Lipinski definition) is 1. The molecule has 0 radical (unpaired) electrons. The fourth-order valence-corrected chi connectivity index (χ4v) is 5.86. The Morgan fingerprint density at radius 2 is 2.00 bits per heavy atom. The minimum Gasteiger partial charge on any atom is -0.480 e. The molecule has 1 heterocycles. The number of rotatable bonds is 6. The van der Waals surface area contributed by atoms with Crippen LogP contribution >= 0.6 is 34.7 Å². The van der Waals surface area contributed by atoms with Gasteiger partial charge in [-0.25, -0.2) is 14.2 Å². The first-order chi connectivity index (χ1) is 14.1. The van der Waals surface area contributed by atoms with E-state index in [4.69, 9.17) is 11.6 Å². The highest BCUT2D eigenvalue weighted by atomic mass is 35.5. The first kappa shape index (κ1) is 22.8. The second kappa shape index (κ2) is 9.11. The molecule has 0 aliphatic heterocycles. The number of thioether (sulfide) groups is 1. The van der Waals surface area contributed by atoms with Crippen molar-refractivity contribution in [3.05, 3.63) is 35.2 Å². The SMILES string of the molecule is CN(C(=O)N(c1ccc(F)cc1Cl)C1CCCC1)c1ncc(SC(C)(C)C(=O)O)s1. The number of anilines is 2. The Labute approximate surface area is 188 Å². The first-order valence-corrected chi connectivity index (χ1v) is 11.5. The van der Waals surface area contributed by atoms with E-state index in [0.717, 1.165) is 25.7 Å². The lowest BCUT2D eigenvalue weighted by molar-refractivity contribution is -0.138. The van der Waals surface area contributed by atoms with E-state index in [1.165, 1.54) is 46.2 Å². The number of nitrogens with zero attached hydrogens (tertiary/aromatic N) is 3. The Morgan fingerprint density at radius 1 is 1.33 bits per heavy atom. The van der Waals surface area contributed by atoms with Gasteiger partial charge >= 0.3 is 12.0 Å². The Hall–Kier alpha value is -1.84. The van der Waals surface area contributed by atoms with Crippen molar-refractivity contribution in [1.29, 1.82) is 0 Å². The highest BCUT2D eigenvalue weighted by molar-refractivity contribution is 8.03. The molecule has 0 unspecified atom stereocenters. The fraction of sp³-hybridized carbons (Fsp3) is 0.450. The van der Waals surface area contributed by atoms with Crippen molar-refractivity contribution in [2.24, 2.45) is 0 Å². The molecule has 0 spiro atoms. The predicted molar refractivity (Wildman–Crippen MR) is 120 cm³/mol. The van der Waals surface area contributed by atoms with Crippen molar-refractivity contribution in [2.45, 2.75) is 54.5 Å². The van der Waals surface area contributed by atoms with Gasteiger partial charge in [0.25, 0.3) is 0 Å². The Bertz CT molecular complexity index is 947. The fourth-order valence-electron chi connectivity index (χ4n) is 3.29. The Balaban J connectivity index is 1.87. The third-order valence-electron chi connectivity index (χ3n) is 4.98. The minimum atomic E-state index is -1.01. The molecule has 1 N–H and O–H groups in total. The normalized spacial score (nSPS) is 14.7. The summed E-state index contributed by atoms with van der Waals surface area (Å²) in [6, 6.07) is 3.70. The number of benzene rings is 1. The zero-order chi connectivity index (χ0) is 22.1. The molecule has 162 valence electrons. The maximum absolute atomic E-state index is 13.6. The van der Waals surface area contributed by atoms with Crippen LogP contribution in [0.5, 0.6) is 0 Å². The summed E-state index contributed by atoms with van der Waals surface area (Å²) in [5.41, 5.74) is 0.472. The van der Waals surface area contributed by atoms with Crippen LogP contribution < -0.4 is 9.80 Å². The standard InChI is InChI=1S/C20H23ClFN3O3S2/c1-20(2,17(26)27)30-16-11-23-18(29-16)24(3)19(28)25(13-6-4-5-7-13)15-9-8-12(22)10-14(15)21/h8-11,13H,4-7H2,1-3H3,(H,26,27). The van der Waals surface area contributed by atoms with E-state index in [-0.39, 0.29) is 17.1 Å². The summed E-state index contributed by atoms with van der Waals surface area (Å²) in [6.45, 7) is 3.24. The quantitative estimate of drug-likeness (QED) is 0.531. The van der Waals surface area contributed by atoms with Gasteiger partial charge in [0.1, 0.15) is 10.6 Å². The van der Waals surface area contributed by atoms with E-state index >= 15 is 0 Å². The van der Waals surface area contributed by atoms with Crippen molar-refractivity contribution in [3.63, 3.8) is 0 Å². The maximum atomic E-state index is 13.6. The molecule has 6 nitrogen and oxygen atoms in total. The summed E-state index contributed by atoms with van der Waals surface area (Å²) in [5, 5.41) is 9.96. The van der Waals surface area contributed by atoms with E-state index in [2.05, 4.69) is 4.98 Å². The number of hydrogen-bond acceptors (Lipinski definition) is 5. The minimum absolute atomic E-state index is 0.0253. The summed E-state index contributed by atoms with van der Waals surface area (Å²) in [5.74, 6) is -1.39. The van der Waals surface area contributed by atoms with Gasteiger partial charge in [0.15, 0.2) is 5.13 Å². The third kappa shape index (κ3) is 4.90. The van der Waals surface area contributed by atoms with E-state index in [0.29, 0.717) is 15.0 Å². The predicted octanol–water partition coefficient (Wildman–Crippen LogP) is 5.90. The zero-order valence-electron chi connectivity index (χ0n) is 16.9. The van der Waals surface area contributed by atoms with Crippen LogP contribution in [0.25, 0.3) is 0 Å². The number of amides is 2. The first-order valence-electron chi connectivity index (χ1n) is 9.50. The molecule has 1 aliphatic carbocycles. The van der Waals surface area contributed by atoms with Crippen LogP contribution in [0.15, 0.2) is 28.6 Å². The molecule has 1 saturated carbocycles. The highest BCUT2D eigenvalue weighted by Crippen LogP contribution is 2.39. The lowest BCUT2D eigenvalue weighted by atomic mass is 10.2. The van der Waals surface area contributed by atoms with Gasteiger partial charge in [-0.1, -0.05) is 47.5 Å². The molecule has 1 aromatic heterocycles. The number of carbonyl (C=O) groups excluding carboxylic acids is 1. The molecular formula is C20H23ClFN3O3S2. The van der Waals surface area contributed by atoms with Gasteiger partial charge in [0.05, 0.1) is 21.1 Å². The number of carbonyl (C=O) groups is 2.